The second-order valence-corrected chi connectivity index (χ2v) is 5.85. The second-order valence-electron chi connectivity index (χ2n) is 4.83. The monoisotopic (exact) mass is 355 g/mol. The first kappa shape index (κ1) is 16.4. The Balaban J connectivity index is 2.33. The third-order valence-corrected chi connectivity index (χ3v) is 4.58. The summed E-state index contributed by atoms with van der Waals surface area (Å²) in [5.74, 6) is -2.51. The number of rotatable bonds is 3. The van der Waals surface area contributed by atoms with Gasteiger partial charge < -0.3 is 4.74 Å². The van der Waals surface area contributed by atoms with Crippen molar-refractivity contribution >= 4 is 27.5 Å². The highest BCUT2D eigenvalue weighted by Gasteiger charge is 2.27. The van der Waals surface area contributed by atoms with Crippen molar-refractivity contribution in [3.8, 4) is 11.1 Å². The lowest BCUT2D eigenvalue weighted by Crippen LogP contribution is -2.02. The standard InChI is InChI=1S/C16H9F4NO2S/c1-23-16(22)14-11(15(19)20)12-13(24-14)10(2-3-21-12)7-4-8(17)6-9(18)5-7/h2-6,15H,1H3. The van der Waals surface area contributed by atoms with Crippen molar-refractivity contribution in [1.29, 1.82) is 0 Å². The number of ether oxygens (including phenoxy) is 1. The molecular formula is C16H9F4NO2S. The summed E-state index contributed by atoms with van der Waals surface area (Å²) in [6.45, 7) is 0. The fourth-order valence-electron chi connectivity index (χ4n) is 2.39. The van der Waals surface area contributed by atoms with Crippen molar-refractivity contribution in [1.82, 2.24) is 4.98 Å². The predicted molar refractivity (Wildman–Crippen MR) is 81.3 cm³/mol. The summed E-state index contributed by atoms with van der Waals surface area (Å²) in [7, 11) is 1.08. The van der Waals surface area contributed by atoms with Crippen LogP contribution in [0.15, 0.2) is 30.5 Å². The summed E-state index contributed by atoms with van der Waals surface area (Å²) in [5, 5.41) is 0. The third-order valence-electron chi connectivity index (χ3n) is 3.37. The molecule has 0 aliphatic carbocycles. The number of carbonyl (C=O) groups is 1. The summed E-state index contributed by atoms with van der Waals surface area (Å²) in [4.78, 5) is 15.4. The van der Waals surface area contributed by atoms with E-state index in [2.05, 4.69) is 9.72 Å². The molecule has 0 bridgehead atoms. The first-order chi connectivity index (χ1) is 11.4. The minimum atomic E-state index is -2.94. The molecule has 0 fully saturated rings. The summed E-state index contributed by atoms with van der Waals surface area (Å²) in [6.07, 6.45) is -1.69. The van der Waals surface area contributed by atoms with E-state index >= 15 is 0 Å². The van der Waals surface area contributed by atoms with Crippen LogP contribution in [0.3, 0.4) is 0 Å². The quantitative estimate of drug-likeness (QED) is 0.492. The Morgan fingerprint density at radius 3 is 2.46 bits per heavy atom. The lowest BCUT2D eigenvalue weighted by molar-refractivity contribution is 0.0596. The van der Waals surface area contributed by atoms with Gasteiger partial charge >= 0.3 is 5.97 Å². The van der Waals surface area contributed by atoms with E-state index in [1.807, 2.05) is 0 Å². The average Bonchev–Trinajstić information content (AvgIpc) is 2.92. The molecule has 1 aromatic carbocycles. The number of benzene rings is 1. The van der Waals surface area contributed by atoms with Gasteiger partial charge in [0.2, 0.25) is 0 Å². The van der Waals surface area contributed by atoms with E-state index in [4.69, 9.17) is 0 Å². The summed E-state index contributed by atoms with van der Waals surface area (Å²) >= 11 is 0.756. The number of thiophene rings is 1. The van der Waals surface area contributed by atoms with E-state index in [0.717, 1.165) is 30.6 Å². The molecule has 0 unspecified atom stereocenters. The number of fused-ring (bicyclic) bond motifs is 1. The molecule has 0 spiro atoms. The van der Waals surface area contributed by atoms with Crippen LogP contribution in [0.1, 0.15) is 21.7 Å². The Hall–Kier alpha value is -2.48. The van der Waals surface area contributed by atoms with Crippen LogP contribution < -0.4 is 0 Å². The van der Waals surface area contributed by atoms with Gasteiger partial charge in [-0.05, 0) is 23.8 Å². The van der Waals surface area contributed by atoms with E-state index in [-0.39, 0.29) is 20.7 Å². The van der Waals surface area contributed by atoms with Crippen LogP contribution in [-0.2, 0) is 4.74 Å². The fraction of sp³-hybridized carbons (Fsp3) is 0.125. The van der Waals surface area contributed by atoms with Crippen LogP contribution in [-0.4, -0.2) is 18.1 Å². The number of esters is 1. The van der Waals surface area contributed by atoms with Gasteiger partial charge in [-0.25, -0.2) is 22.4 Å². The number of nitrogens with zero attached hydrogens (tertiary/aromatic N) is 1. The number of aromatic nitrogens is 1. The lowest BCUT2D eigenvalue weighted by Gasteiger charge is -2.04. The Morgan fingerprint density at radius 1 is 1.21 bits per heavy atom. The zero-order valence-corrected chi connectivity index (χ0v) is 13.0. The molecule has 0 N–H and O–H groups in total. The maximum absolute atomic E-state index is 13.5. The van der Waals surface area contributed by atoms with E-state index in [1.165, 1.54) is 12.3 Å². The second kappa shape index (κ2) is 6.20. The molecule has 0 amide bonds. The van der Waals surface area contributed by atoms with E-state index in [0.29, 0.717) is 11.6 Å². The average molecular weight is 355 g/mol. The Kier molecular flexibility index (Phi) is 4.23. The van der Waals surface area contributed by atoms with Crippen molar-refractivity contribution in [2.24, 2.45) is 0 Å². The Morgan fingerprint density at radius 2 is 1.88 bits per heavy atom. The predicted octanol–water partition coefficient (Wildman–Crippen LogP) is 4.97. The highest BCUT2D eigenvalue weighted by atomic mass is 32.1. The van der Waals surface area contributed by atoms with E-state index in [1.54, 1.807) is 0 Å². The van der Waals surface area contributed by atoms with Gasteiger partial charge in [0.15, 0.2) is 0 Å². The Bertz CT molecular complexity index is 919. The van der Waals surface area contributed by atoms with Gasteiger partial charge in [0.05, 0.1) is 22.9 Å². The van der Waals surface area contributed by atoms with Crippen molar-refractivity contribution < 1.29 is 27.1 Å². The van der Waals surface area contributed by atoms with Crippen LogP contribution >= 0.6 is 11.3 Å². The molecule has 8 heteroatoms. The molecule has 3 nitrogen and oxygen atoms in total. The third kappa shape index (κ3) is 2.73. The molecule has 24 heavy (non-hydrogen) atoms. The van der Waals surface area contributed by atoms with Crippen LogP contribution in [0, 0.1) is 11.6 Å². The number of alkyl halides is 2. The normalized spacial score (nSPS) is 11.2. The fourth-order valence-corrected chi connectivity index (χ4v) is 3.61. The van der Waals surface area contributed by atoms with Gasteiger partial charge in [0.1, 0.15) is 16.5 Å². The number of hydrogen-bond donors (Lipinski definition) is 0. The minimum Gasteiger partial charge on any atom is -0.465 e. The van der Waals surface area contributed by atoms with Crippen molar-refractivity contribution in [2.45, 2.75) is 6.43 Å². The summed E-state index contributed by atoms with van der Waals surface area (Å²) < 4.78 is 58.5. The summed E-state index contributed by atoms with van der Waals surface area (Å²) in [5.41, 5.74) is -0.156. The lowest BCUT2D eigenvalue weighted by atomic mass is 10.0. The van der Waals surface area contributed by atoms with Crippen molar-refractivity contribution in [3.05, 3.63) is 52.5 Å². The zero-order valence-electron chi connectivity index (χ0n) is 12.1. The molecule has 0 aliphatic rings. The zero-order chi connectivity index (χ0) is 17.4. The van der Waals surface area contributed by atoms with Gasteiger partial charge in [0.25, 0.3) is 6.43 Å². The molecule has 124 valence electrons. The molecular weight excluding hydrogens is 346 g/mol. The van der Waals surface area contributed by atoms with Gasteiger partial charge in [-0.2, -0.15) is 0 Å². The van der Waals surface area contributed by atoms with Crippen molar-refractivity contribution in [2.75, 3.05) is 7.11 Å². The minimum absolute atomic E-state index is 0.0856. The molecule has 0 saturated carbocycles. The van der Waals surface area contributed by atoms with Gasteiger partial charge in [-0.1, -0.05) is 0 Å². The smallest absolute Gasteiger partial charge is 0.348 e. The molecule has 2 heterocycles. The van der Waals surface area contributed by atoms with Crippen LogP contribution in [0.25, 0.3) is 21.3 Å². The molecule has 3 rings (SSSR count). The molecule has 2 aromatic heterocycles. The first-order valence-corrected chi connectivity index (χ1v) is 7.48. The number of hydrogen-bond acceptors (Lipinski definition) is 4. The topological polar surface area (TPSA) is 39.2 Å². The van der Waals surface area contributed by atoms with E-state index in [9.17, 15) is 22.4 Å². The Labute approximate surface area is 137 Å². The SMILES string of the molecule is COC(=O)c1sc2c(-c3cc(F)cc(F)c3)ccnc2c1C(F)F. The van der Waals surface area contributed by atoms with Crippen molar-refractivity contribution in [3.63, 3.8) is 0 Å². The maximum atomic E-state index is 13.5. The number of carbonyl (C=O) groups excluding carboxylic acids is 1. The van der Waals surface area contributed by atoms with Gasteiger partial charge in [-0.3, -0.25) is 4.98 Å². The summed E-state index contributed by atoms with van der Waals surface area (Å²) in [6, 6.07) is 4.32. The molecule has 0 saturated heterocycles. The van der Waals surface area contributed by atoms with Crippen LogP contribution in [0.2, 0.25) is 0 Å². The first-order valence-electron chi connectivity index (χ1n) is 6.66. The molecule has 0 aliphatic heterocycles. The van der Waals surface area contributed by atoms with Gasteiger partial charge in [-0.15, -0.1) is 11.3 Å². The largest absolute Gasteiger partial charge is 0.465 e. The molecule has 3 aromatic rings. The number of methoxy groups -OCH3 is 1. The number of pyridine rings is 1. The maximum Gasteiger partial charge on any atom is 0.348 e. The van der Waals surface area contributed by atoms with Gasteiger partial charge in [0, 0.05) is 17.8 Å². The highest BCUT2D eigenvalue weighted by Crippen LogP contribution is 2.41. The molecule has 0 radical (unpaired) electrons. The number of halogens is 4. The van der Waals surface area contributed by atoms with Crippen LogP contribution in [0.5, 0.6) is 0 Å². The van der Waals surface area contributed by atoms with Crippen LogP contribution in [0.4, 0.5) is 17.6 Å². The van der Waals surface area contributed by atoms with E-state index < -0.39 is 29.6 Å². The molecule has 0 atom stereocenters. The highest BCUT2D eigenvalue weighted by molar-refractivity contribution is 7.21.